The molecule has 0 aromatic rings. The third-order valence-corrected chi connectivity index (χ3v) is 6.93. The molecule has 4 aliphatic rings. The van der Waals surface area contributed by atoms with Crippen LogP contribution >= 0.6 is 0 Å². The van der Waals surface area contributed by atoms with Crippen molar-refractivity contribution in [2.75, 3.05) is 78.5 Å². The number of amides is 2. The molecule has 4 aliphatic heterocycles. The van der Waals surface area contributed by atoms with E-state index >= 15 is 0 Å². The van der Waals surface area contributed by atoms with Crippen molar-refractivity contribution in [2.24, 2.45) is 0 Å². The number of sulfonamides is 1. The average molecular weight is 374 g/mol. The highest BCUT2D eigenvalue weighted by Gasteiger charge is 2.57. The molecule has 142 valence electrons. The fraction of sp³-hybridized carbons (Fsp3) is 0.933. The Balaban J connectivity index is 1.48. The molecule has 0 aliphatic carbocycles. The lowest BCUT2D eigenvalue weighted by molar-refractivity contribution is -0.144. The van der Waals surface area contributed by atoms with Gasteiger partial charge in [0.05, 0.1) is 38.2 Å². The minimum Gasteiger partial charge on any atom is -0.378 e. The maximum Gasteiger partial charge on any atom is 0.320 e. The Hall–Kier alpha value is -0.940. The molecule has 4 fully saturated rings. The van der Waals surface area contributed by atoms with Gasteiger partial charge in [-0.1, -0.05) is 0 Å². The first kappa shape index (κ1) is 17.5. The molecule has 4 heterocycles. The Morgan fingerprint density at radius 2 is 1.68 bits per heavy atom. The Kier molecular flexibility index (Phi) is 4.43. The van der Waals surface area contributed by atoms with E-state index in [0.717, 1.165) is 6.54 Å². The number of rotatable bonds is 1. The van der Waals surface area contributed by atoms with Gasteiger partial charge in [0.15, 0.2) is 0 Å². The summed E-state index contributed by atoms with van der Waals surface area (Å²) in [5, 5.41) is 0. The Labute approximate surface area is 148 Å². The second-order valence-electron chi connectivity index (χ2n) is 7.44. The van der Waals surface area contributed by atoms with Crippen LogP contribution in [0.1, 0.15) is 0 Å². The molecule has 1 unspecified atom stereocenters. The maximum absolute atomic E-state index is 12.7. The number of piperazine rings is 1. The first-order chi connectivity index (χ1) is 11.9. The number of carbonyl (C=O) groups is 1. The molecule has 0 aromatic carbocycles. The zero-order valence-electron chi connectivity index (χ0n) is 14.6. The summed E-state index contributed by atoms with van der Waals surface area (Å²) in [5.41, 5.74) is -0.280. The Bertz CT molecular complexity index is 630. The quantitative estimate of drug-likeness (QED) is 0.554. The van der Waals surface area contributed by atoms with Crippen LogP contribution in [0.2, 0.25) is 0 Å². The lowest BCUT2D eigenvalue weighted by atomic mass is 9.83. The van der Waals surface area contributed by atoms with Crippen LogP contribution in [-0.2, 0) is 19.5 Å². The second-order valence-corrected chi connectivity index (χ2v) is 9.42. The van der Waals surface area contributed by atoms with E-state index in [1.54, 1.807) is 4.31 Å². The number of fused-ring (bicyclic) bond motifs is 2. The van der Waals surface area contributed by atoms with E-state index in [9.17, 15) is 13.2 Å². The van der Waals surface area contributed by atoms with E-state index in [1.165, 1.54) is 6.26 Å². The van der Waals surface area contributed by atoms with Gasteiger partial charge in [-0.15, -0.1) is 0 Å². The van der Waals surface area contributed by atoms with Gasteiger partial charge in [0.1, 0.15) is 0 Å². The van der Waals surface area contributed by atoms with Crippen molar-refractivity contribution in [3.05, 3.63) is 0 Å². The molecule has 0 radical (unpaired) electrons. The molecule has 10 heteroatoms. The van der Waals surface area contributed by atoms with Gasteiger partial charge >= 0.3 is 6.03 Å². The van der Waals surface area contributed by atoms with E-state index in [0.29, 0.717) is 65.7 Å². The average Bonchev–Trinajstić information content (AvgIpc) is 2.58. The minimum atomic E-state index is -3.26. The molecule has 4 saturated heterocycles. The Morgan fingerprint density at radius 1 is 1.00 bits per heavy atom. The predicted octanol–water partition coefficient (Wildman–Crippen LogP) is -1.53. The fourth-order valence-corrected chi connectivity index (χ4v) is 5.36. The number of hydrogen-bond acceptors (Lipinski definition) is 6. The monoisotopic (exact) mass is 374 g/mol. The predicted molar refractivity (Wildman–Crippen MR) is 89.8 cm³/mol. The van der Waals surface area contributed by atoms with E-state index in [-0.39, 0.29) is 17.6 Å². The summed E-state index contributed by atoms with van der Waals surface area (Å²) in [5.74, 6) is 0. The maximum atomic E-state index is 12.7. The Morgan fingerprint density at radius 3 is 2.36 bits per heavy atom. The molecule has 0 N–H and O–H groups in total. The summed E-state index contributed by atoms with van der Waals surface area (Å²) in [6.45, 7) is 6.48. The topological polar surface area (TPSA) is 82.6 Å². The number of likely N-dealkylation sites (tertiary alicyclic amines) is 1. The highest BCUT2D eigenvalue weighted by molar-refractivity contribution is 7.88. The molecule has 0 bridgehead atoms. The third kappa shape index (κ3) is 3.14. The lowest BCUT2D eigenvalue weighted by Crippen LogP contribution is -2.82. The van der Waals surface area contributed by atoms with Crippen LogP contribution in [0.15, 0.2) is 0 Å². The van der Waals surface area contributed by atoms with Gasteiger partial charge in [-0.05, 0) is 0 Å². The van der Waals surface area contributed by atoms with Crippen molar-refractivity contribution in [3.63, 3.8) is 0 Å². The van der Waals surface area contributed by atoms with Crippen molar-refractivity contribution >= 4 is 16.1 Å². The third-order valence-electron chi connectivity index (χ3n) is 5.71. The van der Waals surface area contributed by atoms with Crippen molar-refractivity contribution < 1.29 is 22.7 Å². The normalized spacial score (nSPS) is 30.8. The highest BCUT2D eigenvalue weighted by atomic mass is 32.2. The fourth-order valence-electron chi connectivity index (χ4n) is 4.44. The molecule has 9 nitrogen and oxygen atoms in total. The molecule has 1 spiro atoms. The molecule has 0 aromatic heterocycles. The summed E-state index contributed by atoms with van der Waals surface area (Å²) < 4.78 is 36.7. The van der Waals surface area contributed by atoms with Gasteiger partial charge in [-0.2, -0.15) is 4.31 Å². The van der Waals surface area contributed by atoms with Crippen LogP contribution in [-0.4, -0.2) is 124 Å². The van der Waals surface area contributed by atoms with Crippen LogP contribution in [0.25, 0.3) is 0 Å². The van der Waals surface area contributed by atoms with Crippen molar-refractivity contribution in [2.45, 2.75) is 11.6 Å². The lowest BCUT2D eigenvalue weighted by Gasteiger charge is -2.63. The second kappa shape index (κ2) is 6.34. The summed E-state index contributed by atoms with van der Waals surface area (Å²) in [6, 6.07) is 0.105. The number of ether oxygens (including phenoxy) is 2. The molecule has 25 heavy (non-hydrogen) atoms. The van der Waals surface area contributed by atoms with Crippen molar-refractivity contribution in [1.29, 1.82) is 0 Å². The summed E-state index contributed by atoms with van der Waals surface area (Å²) in [4.78, 5) is 18.7. The van der Waals surface area contributed by atoms with Gasteiger partial charge in [0, 0.05) is 51.9 Å². The number of morpholine rings is 2. The smallest absolute Gasteiger partial charge is 0.320 e. The highest BCUT2D eigenvalue weighted by Crippen LogP contribution is 2.36. The SMILES string of the molecule is CS(=O)(=O)N1CC2COCCN2C2(CN(C(=O)N3CCOCC3)C2)C1. The van der Waals surface area contributed by atoms with Gasteiger partial charge in [-0.3, -0.25) is 4.90 Å². The molecule has 2 amide bonds. The van der Waals surface area contributed by atoms with E-state index in [2.05, 4.69) is 4.90 Å². The molecule has 1 atom stereocenters. The standard InChI is InChI=1S/C15H26N4O5S/c1-25(21,22)18-8-13-9-24-7-4-19(13)15(12-18)10-17(11-15)14(20)16-2-5-23-6-3-16/h13H,2-12H2,1H3. The minimum absolute atomic E-state index is 0.0372. The van der Waals surface area contributed by atoms with Gasteiger partial charge in [-0.25, -0.2) is 13.2 Å². The van der Waals surface area contributed by atoms with Crippen LogP contribution in [0.5, 0.6) is 0 Å². The number of nitrogens with zero attached hydrogens (tertiary/aromatic N) is 4. The zero-order chi connectivity index (χ0) is 17.7. The summed E-state index contributed by atoms with van der Waals surface area (Å²) >= 11 is 0. The van der Waals surface area contributed by atoms with Gasteiger partial charge < -0.3 is 19.3 Å². The molecular formula is C15H26N4O5S. The largest absolute Gasteiger partial charge is 0.378 e. The van der Waals surface area contributed by atoms with E-state index < -0.39 is 10.0 Å². The number of carbonyl (C=O) groups excluding carboxylic acids is 1. The van der Waals surface area contributed by atoms with Crippen molar-refractivity contribution in [3.8, 4) is 0 Å². The van der Waals surface area contributed by atoms with Crippen LogP contribution < -0.4 is 0 Å². The first-order valence-corrected chi connectivity index (χ1v) is 10.7. The van der Waals surface area contributed by atoms with Crippen LogP contribution in [0, 0.1) is 0 Å². The number of urea groups is 1. The molecular weight excluding hydrogens is 348 g/mol. The zero-order valence-corrected chi connectivity index (χ0v) is 15.4. The first-order valence-electron chi connectivity index (χ1n) is 8.80. The molecule has 4 rings (SSSR count). The van der Waals surface area contributed by atoms with Gasteiger partial charge in [0.25, 0.3) is 0 Å². The molecule has 0 saturated carbocycles. The van der Waals surface area contributed by atoms with E-state index in [1.807, 2.05) is 9.80 Å². The van der Waals surface area contributed by atoms with Gasteiger partial charge in [0.2, 0.25) is 10.0 Å². The summed E-state index contributed by atoms with van der Waals surface area (Å²) in [7, 11) is -3.26. The van der Waals surface area contributed by atoms with Crippen molar-refractivity contribution in [1.82, 2.24) is 19.0 Å². The van der Waals surface area contributed by atoms with Crippen LogP contribution in [0.4, 0.5) is 4.79 Å². The van der Waals surface area contributed by atoms with Crippen LogP contribution in [0.3, 0.4) is 0 Å². The number of hydrogen-bond donors (Lipinski definition) is 0. The van der Waals surface area contributed by atoms with E-state index in [4.69, 9.17) is 9.47 Å². The summed E-state index contributed by atoms with van der Waals surface area (Å²) in [6.07, 6.45) is 1.26.